The quantitative estimate of drug-likeness (QED) is 0.443. The SMILES string of the molecule is O=C(C[n+]1cc(S)c2ccccc2c1)c1ccccc1. The Hall–Kier alpha value is -2.13. The van der Waals surface area contributed by atoms with Gasteiger partial charge in [-0.25, -0.2) is 0 Å². The molecule has 0 unspecified atom stereocenters. The number of Topliss-reactive ketones (excluding diaryl/α,β-unsaturated/α-hetero) is 1. The molecule has 2 aromatic carbocycles. The number of ketones is 1. The maximum Gasteiger partial charge on any atom is 0.227 e. The van der Waals surface area contributed by atoms with Crippen molar-refractivity contribution in [2.45, 2.75) is 11.4 Å². The van der Waals surface area contributed by atoms with E-state index in [1.807, 2.05) is 71.6 Å². The van der Waals surface area contributed by atoms with Gasteiger partial charge in [0.05, 0.1) is 4.90 Å². The third-order valence-corrected chi connectivity index (χ3v) is 3.61. The van der Waals surface area contributed by atoms with Crippen molar-refractivity contribution in [3.63, 3.8) is 0 Å². The van der Waals surface area contributed by atoms with Gasteiger partial charge in [0.2, 0.25) is 12.3 Å². The third kappa shape index (κ3) is 2.58. The number of benzene rings is 2. The summed E-state index contributed by atoms with van der Waals surface area (Å²) in [5, 5.41) is 2.18. The highest BCUT2D eigenvalue weighted by atomic mass is 32.1. The van der Waals surface area contributed by atoms with E-state index in [4.69, 9.17) is 0 Å². The van der Waals surface area contributed by atoms with Crippen LogP contribution in [-0.2, 0) is 6.54 Å². The summed E-state index contributed by atoms with van der Waals surface area (Å²) in [5.74, 6) is 0.0959. The average Bonchev–Trinajstić information content (AvgIpc) is 2.48. The van der Waals surface area contributed by atoms with Gasteiger partial charge in [0.25, 0.3) is 0 Å². The lowest BCUT2D eigenvalue weighted by atomic mass is 10.1. The van der Waals surface area contributed by atoms with E-state index >= 15 is 0 Å². The van der Waals surface area contributed by atoms with Crippen LogP contribution in [0.15, 0.2) is 71.9 Å². The van der Waals surface area contributed by atoms with Gasteiger partial charge < -0.3 is 0 Å². The van der Waals surface area contributed by atoms with E-state index in [0.29, 0.717) is 6.54 Å². The van der Waals surface area contributed by atoms with E-state index in [2.05, 4.69) is 12.6 Å². The number of thiol groups is 1. The van der Waals surface area contributed by atoms with Gasteiger partial charge in [-0.05, 0) is 6.07 Å². The van der Waals surface area contributed by atoms with Crippen molar-refractivity contribution >= 4 is 29.2 Å². The fraction of sp³-hybridized carbons (Fsp3) is 0.0588. The molecular weight excluding hydrogens is 266 g/mol. The zero-order valence-electron chi connectivity index (χ0n) is 10.9. The Morgan fingerprint density at radius 2 is 1.65 bits per heavy atom. The Labute approximate surface area is 123 Å². The smallest absolute Gasteiger partial charge is 0.227 e. The lowest BCUT2D eigenvalue weighted by Crippen LogP contribution is -2.37. The monoisotopic (exact) mass is 280 g/mol. The number of aromatic nitrogens is 1. The summed E-state index contributed by atoms with van der Waals surface area (Å²) in [6.45, 7) is 0.322. The van der Waals surface area contributed by atoms with Crippen molar-refractivity contribution in [1.29, 1.82) is 0 Å². The van der Waals surface area contributed by atoms with Crippen molar-refractivity contribution in [1.82, 2.24) is 0 Å². The Morgan fingerprint density at radius 3 is 2.45 bits per heavy atom. The minimum atomic E-state index is 0.0959. The van der Waals surface area contributed by atoms with Crippen molar-refractivity contribution < 1.29 is 9.36 Å². The van der Waals surface area contributed by atoms with Gasteiger partial charge in [-0.3, -0.25) is 4.79 Å². The standard InChI is InChI=1S/C17H13NOS/c19-16(13-6-2-1-3-7-13)11-18-10-14-8-4-5-9-15(14)17(20)12-18/h1-10,12H,11H2/p+1. The first-order valence-corrected chi connectivity index (χ1v) is 6.88. The maximum atomic E-state index is 12.2. The molecule has 0 radical (unpaired) electrons. The lowest BCUT2D eigenvalue weighted by molar-refractivity contribution is -0.683. The minimum absolute atomic E-state index is 0.0959. The number of rotatable bonds is 3. The number of carbonyl (C=O) groups excluding carboxylic acids is 1. The predicted molar refractivity (Wildman–Crippen MR) is 82.2 cm³/mol. The first-order valence-electron chi connectivity index (χ1n) is 6.43. The highest BCUT2D eigenvalue weighted by Crippen LogP contribution is 2.18. The van der Waals surface area contributed by atoms with Gasteiger partial charge in [-0.15, -0.1) is 12.6 Å². The molecule has 20 heavy (non-hydrogen) atoms. The molecular formula is C17H14NOS+. The fourth-order valence-corrected chi connectivity index (χ4v) is 2.61. The molecule has 0 spiro atoms. The molecule has 0 N–H and O–H groups in total. The first kappa shape index (κ1) is 12.9. The van der Waals surface area contributed by atoms with E-state index in [1.54, 1.807) is 0 Å². The van der Waals surface area contributed by atoms with E-state index in [0.717, 1.165) is 21.2 Å². The van der Waals surface area contributed by atoms with Crippen LogP contribution in [0.4, 0.5) is 0 Å². The van der Waals surface area contributed by atoms with E-state index in [-0.39, 0.29) is 5.78 Å². The molecule has 3 rings (SSSR count). The highest BCUT2D eigenvalue weighted by molar-refractivity contribution is 7.80. The molecule has 0 aliphatic carbocycles. The van der Waals surface area contributed by atoms with Crippen LogP contribution >= 0.6 is 12.6 Å². The molecule has 1 heterocycles. The summed E-state index contributed by atoms with van der Waals surface area (Å²) in [4.78, 5) is 13.1. The van der Waals surface area contributed by atoms with Gasteiger partial charge in [0, 0.05) is 16.3 Å². The summed E-state index contributed by atoms with van der Waals surface area (Å²) < 4.78 is 1.89. The van der Waals surface area contributed by atoms with Crippen LogP contribution in [0.5, 0.6) is 0 Å². The first-order chi connectivity index (χ1) is 9.74. The highest BCUT2D eigenvalue weighted by Gasteiger charge is 2.13. The molecule has 0 atom stereocenters. The van der Waals surface area contributed by atoms with E-state index < -0.39 is 0 Å². The predicted octanol–water partition coefficient (Wildman–Crippen LogP) is 3.30. The number of hydrogen-bond acceptors (Lipinski definition) is 2. The Kier molecular flexibility index (Phi) is 3.52. The molecule has 0 amide bonds. The lowest BCUT2D eigenvalue weighted by Gasteiger charge is -2.02. The molecule has 0 saturated carbocycles. The molecule has 3 heteroatoms. The van der Waals surface area contributed by atoms with Crippen LogP contribution in [0.25, 0.3) is 10.8 Å². The molecule has 0 aliphatic rings. The van der Waals surface area contributed by atoms with Gasteiger partial charge in [0.15, 0.2) is 12.4 Å². The molecule has 2 nitrogen and oxygen atoms in total. The van der Waals surface area contributed by atoms with Gasteiger partial charge in [0.1, 0.15) is 0 Å². The van der Waals surface area contributed by atoms with Crippen LogP contribution in [0.2, 0.25) is 0 Å². The molecule has 1 aromatic heterocycles. The van der Waals surface area contributed by atoms with E-state index in [9.17, 15) is 4.79 Å². The second-order valence-corrected chi connectivity index (χ2v) is 5.17. The normalized spacial score (nSPS) is 10.7. The van der Waals surface area contributed by atoms with Crippen molar-refractivity contribution in [3.05, 3.63) is 72.6 Å². The van der Waals surface area contributed by atoms with Gasteiger partial charge >= 0.3 is 0 Å². The zero-order chi connectivity index (χ0) is 13.9. The van der Waals surface area contributed by atoms with Gasteiger partial charge in [-0.1, -0.05) is 48.5 Å². The van der Waals surface area contributed by atoms with Crippen LogP contribution in [0, 0.1) is 0 Å². The van der Waals surface area contributed by atoms with E-state index in [1.165, 1.54) is 0 Å². The number of carbonyl (C=O) groups is 1. The molecule has 98 valence electrons. The summed E-state index contributed by atoms with van der Waals surface area (Å²) in [6.07, 6.45) is 3.88. The van der Waals surface area contributed by atoms with Crippen LogP contribution in [0.1, 0.15) is 10.4 Å². The van der Waals surface area contributed by atoms with Gasteiger partial charge in [-0.2, -0.15) is 4.57 Å². The number of nitrogens with zero attached hydrogens (tertiary/aromatic N) is 1. The maximum absolute atomic E-state index is 12.2. The topological polar surface area (TPSA) is 20.9 Å². The number of fused-ring (bicyclic) bond motifs is 1. The summed E-state index contributed by atoms with van der Waals surface area (Å²) in [6, 6.07) is 17.4. The second kappa shape index (κ2) is 5.47. The van der Waals surface area contributed by atoms with Crippen molar-refractivity contribution in [2.75, 3.05) is 0 Å². The molecule has 0 saturated heterocycles. The molecule has 3 aromatic rings. The Balaban J connectivity index is 1.94. The summed E-state index contributed by atoms with van der Waals surface area (Å²) in [5.41, 5.74) is 0.730. The minimum Gasteiger partial charge on any atom is -0.287 e. The van der Waals surface area contributed by atoms with Crippen LogP contribution < -0.4 is 4.57 Å². The largest absolute Gasteiger partial charge is 0.287 e. The average molecular weight is 280 g/mol. The van der Waals surface area contributed by atoms with Crippen LogP contribution in [0.3, 0.4) is 0 Å². The summed E-state index contributed by atoms with van der Waals surface area (Å²) >= 11 is 4.50. The number of pyridine rings is 1. The van der Waals surface area contributed by atoms with Crippen molar-refractivity contribution in [2.24, 2.45) is 0 Å². The fourth-order valence-electron chi connectivity index (χ4n) is 2.26. The Bertz CT molecular complexity index is 768. The Morgan fingerprint density at radius 1 is 0.950 bits per heavy atom. The molecule has 0 bridgehead atoms. The molecule has 0 fully saturated rings. The van der Waals surface area contributed by atoms with Crippen LogP contribution in [-0.4, -0.2) is 5.78 Å². The number of hydrogen-bond donors (Lipinski definition) is 1. The summed E-state index contributed by atoms with van der Waals surface area (Å²) in [7, 11) is 0. The van der Waals surface area contributed by atoms with Crippen molar-refractivity contribution in [3.8, 4) is 0 Å². The second-order valence-electron chi connectivity index (χ2n) is 4.69. The molecule has 0 aliphatic heterocycles. The zero-order valence-corrected chi connectivity index (χ0v) is 11.8. The third-order valence-electron chi connectivity index (χ3n) is 3.25.